The number of primary amides is 1. The average Bonchev–Trinajstić information content (AvgIpc) is 2.34. The Morgan fingerprint density at radius 2 is 2.12 bits per heavy atom. The third-order valence-electron chi connectivity index (χ3n) is 2.06. The second-order valence-electron chi connectivity index (χ2n) is 3.33. The largest absolute Gasteiger partial charge is 0.448 e. The first-order valence-corrected chi connectivity index (χ1v) is 5.13. The molecule has 0 atom stereocenters. The number of rotatable bonds is 5. The van der Waals surface area contributed by atoms with Crippen LogP contribution in [0.15, 0.2) is 24.3 Å². The molecule has 6 nitrogen and oxygen atoms in total. The van der Waals surface area contributed by atoms with Crippen LogP contribution in [0.3, 0.4) is 0 Å². The summed E-state index contributed by atoms with van der Waals surface area (Å²) in [4.78, 5) is 21.9. The molecule has 17 heavy (non-hydrogen) atoms. The Morgan fingerprint density at radius 1 is 1.35 bits per heavy atom. The van der Waals surface area contributed by atoms with Crippen LogP contribution < -0.4 is 16.8 Å². The van der Waals surface area contributed by atoms with Gasteiger partial charge in [0.2, 0.25) is 0 Å². The molecule has 0 heterocycles. The minimum atomic E-state index is -0.857. The molecule has 0 aliphatic heterocycles. The lowest BCUT2D eigenvalue weighted by molar-refractivity contribution is 0.0936. The van der Waals surface area contributed by atoms with Gasteiger partial charge < -0.3 is 21.5 Å². The van der Waals surface area contributed by atoms with Crippen LogP contribution in [0.2, 0.25) is 0 Å². The van der Waals surface area contributed by atoms with Gasteiger partial charge in [-0.15, -0.1) is 0 Å². The molecule has 1 rings (SSSR count). The number of ether oxygens (including phenoxy) is 1. The van der Waals surface area contributed by atoms with Gasteiger partial charge in [0.1, 0.15) is 6.61 Å². The molecule has 0 bridgehead atoms. The summed E-state index contributed by atoms with van der Waals surface area (Å²) in [7, 11) is 0. The van der Waals surface area contributed by atoms with Crippen LogP contribution in [0.25, 0.3) is 0 Å². The van der Waals surface area contributed by atoms with Gasteiger partial charge in [-0.1, -0.05) is 12.1 Å². The summed E-state index contributed by atoms with van der Waals surface area (Å²) in [6.07, 6.45) is -0.857. The van der Waals surface area contributed by atoms with Gasteiger partial charge in [-0.05, 0) is 17.7 Å². The zero-order chi connectivity index (χ0) is 12.7. The van der Waals surface area contributed by atoms with Crippen LogP contribution in [0.4, 0.5) is 4.79 Å². The summed E-state index contributed by atoms with van der Waals surface area (Å²) < 4.78 is 4.48. The van der Waals surface area contributed by atoms with Gasteiger partial charge >= 0.3 is 6.09 Å². The summed E-state index contributed by atoms with van der Waals surface area (Å²) in [6.45, 7) is 0.651. The normalized spacial score (nSPS) is 9.71. The highest BCUT2D eigenvalue weighted by Crippen LogP contribution is 2.04. The second kappa shape index (κ2) is 6.49. The molecule has 5 N–H and O–H groups in total. The van der Waals surface area contributed by atoms with Crippen molar-refractivity contribution in [1.82, 2.24) is 5.32 Å². The molecular formula is C11H15N3O3. The maximum atomic E-state index is 11.6. The van der Waals surface area contributed by atoms with E-state index in [1.807, 2.05) is 6.07 Å². The van der Waals surface area contributed by atoms with Crippen LogP contribution in [0.5, 0.6) is 0 Å². The van der Waals surface area contributed by atoms with Crippen LogP contribution in [-0.2, 0) is 11.3 Å². The highest BCUT2D eigenvalue weighted by atomic mass is 16.5. The van der Waals surface area contributed by atoms with Crippen molar-refractivity contribution in [3.8, 4) is 0 Å². The Morgan fingerprint density at radius 3 is 2.76 bits per heavy atom. The van der Waals surface area contributed by atoms with Crippen molar-refractivity contribution in [2.75, 3.05) is 13.2 Å². The minimum Gasteiger partial charge on any atom is -0.448 e. The molecular weight excluding hydrogens is 222 g/mol. The number of nitrogens with one attached hydrogen (secondary N) is 1. The van der Waals surface area contributed by atoms with Gasteiger partial charge in [0.15, 0.2) is 0 Å². The molecule has 0 saturated heterocycles. The van der Waals surface area contributed by atoms with E-state index in [9.17, 15) is 9.59 Å². The van der Waals surface area contributed by atoms with Gasteiger partial charge in [-0.3, -0.25) is 4.79 Å². The van der Waals surface area contributed by atoms with E-state index in [2.05, 4.69) is 10.1 Å². The predicted molar refractivity (Wildman–Crippen MR) is 62.2 cm³/mol. The fourth-order valence-corrected chi connectivity index (χ4v) is 1.26. The summed E-state index contributed by atoms with van der Waals surface area (Å²) >= 11 is 0. The number of benzene rings is 1. The molecule has 92 valence electrons. The smallest absolute Gasteiger partial charge is 0.404 e. The van der Waals surface area contributed by atoms with Gasteiger partial charge in [0.25, 0.3) is 5.91 Å². The number of hydrogen-bond donors (Lipinski definition) is 3. The Hall–Kier alpha value is -2.08. The Bertz CT molecular complexity index is 407. The standard InChI is InChI=1S/C11H15N3O3/c12-7-8-2-1-3-9(6-8)10(15)14-4-5-17-11(13)16/h1-3,6H,4-5,7,12H2,(H2,13,16)(H,14,15). The molecule has 0 unspecified atom stereocenters. The summed E-state index contributed by atoms with van der Waals surface area (Å²) in [6, 6.07) is 7.00. The minimum absolute atomic E-state index is 0.0532. The molecule has 0 spiro atoms. The van der Waals surface area contributed by atoms with E-state index in [0.29, 0.717) is 12.1 Å². The zero-order valence-electron chi connectivity index (χ0n) is 9.31. The molecule has 0 aliphatic rings. The van der Waals surface area contributed by atoms with Crippen LogP contribution in [0.1, 0.15) is 15.9 Å². The van der Waals surface area contributed by atoms with Crippen LogP contribution in [0, 0.1) is 0 Å². The van der Waals surface area contributed by atoms with Crippen LogP contribution in [-0.4, -0.2) is 25.2 Å². The highest BCUT2D eigenvalue weighted by molar-refractivity contribution is 5.94. The van der Waals surface area contributed by atoms with Crippen molar-refractivity contribution in [2.45, 2.75) is 6.54 Å². The average molecular weight is 237 g/mol. The SMILES string of the molecule is NCc1cccc(C(=O)NCCOC(N)=O)c1. The number of nitrogens with two attached hydrogens (primary N) is 2. The van der Waals surface area contributed by atoms with Gasteiger partial charge in [0, 0.05) is 12.1 Å². The first-order chi connectivity index (χ1) is 8.13. The van der Waals surface area contributed by atoms with Crippen molar-refractivity contribution in [3.05, 3.63) is 35.4 Å². The van der Waals surface area contributed by atoms with Gasteiger partial charge in [-0.25, -0.2) is 4.79 Å². The predicted octanol–water partition coefficient (Wildman–Crippen LogP) is -0.0296. The lowest BCUT2D eigenvalue weighted by atomic mass is 10.1. The molecule has 6 heteroatoms. The molecule has 0 aromatic heterocycles. The van der Waals surface area contributed by atoms with Crippen molar-refractivity contribution in [2.24, 2.45) is 11.5 Å². The quantitative estimate of drug-likeness (QED) is 0.625. The Labute approximate surface area is 98.9 Å². The van der Waals surface area contributed by atoms with Crippen molar-refractivity contribution in [3.63, 3.8) is 0 Å². The van der Waals surface area contributed by atoms with Crippen molar-refractivity contribution < 1.29 is 14.3 Å². The fourth-order valence-electron chi connectivity index (χ4n) is 1.26. The highest BCUT2D eigenvalue weighted by Gasteiger charge is 2.05. The molecule has 0 fully saturated rings. The van der Waals surface area contributed by atoms with E-state index in [4.69, 9.17) is 11.5 Å². The van der Waals surface area contributed by atoms with Gasteiger partial charge in [0.05, 0.1) is 6.54 Å². The lowest BCUT2D eigenvalue weighted by Gasteiger charge is -2.06. The molecule has 0 aliphatic carbocycles. The van der Waals surface area contributed by atoms with Crippen molar-refractivity contribution in [1.29, 1.82) is 0 Å². The molecule has 0 saturated carbocycles. The number of amides is 2. The van der Waals surface area contributed by atoms with E-state index in [-0.39, 0.29) is 19.1 Å². The topological polar surface area (TPSA) is 107 Å². The van der Waals surface area contributed by atoms with Crippen molar-refractivity contribution >= 4 is 12.0 Å². The maximum absolute atomic E-state index is 11.6. The van der Waals surface area contributed by atoms with E-state index >= 15 is 0 Å². The summed E-state index contributed by atoms with van der Waals surface area (Å²) in [5.41, 5.74) is 11.6. The van der Waals surface area contributed by atoms with E-state index < -0.39 is 6.09 Å². The number of carbonyl (C=O) groups is 2. The van der Waals surface area contributed by atoms with E-state index in [0.717, 1.165) is 5.56 Å². The number of carbonyl (C=O) groups excluding carboxylic acids is 2. The first kappa shape index (κ1) is 13.0. The molecule has 1 aromatic rings. The fraction of sp³-hybridized carbons (Fsp3) is 0.273. The molecule has 2 amide bonds. The first-order valence-electron chi connectivity index (χ1n) is 5.13. The van der Waals surface area contributed by atoms with Crippen LogP contribution >= 0.6 is 0 Å². The Kier molecular flexibility index (Phi) is 4.96. The zero-order valence-corrected chi connectivity index (χ0v) is 9.31. The van der Waals surface area contributed by atoms with E-state index in [1.165, 1.54) is 0 Å². The summed E-state index contributed by atoms with van der Waals surface area (Å²) in [5, 5.41) is 2.59. The van der Waals surface area contributed by atoms with E-state index in [1.54, 1.807) is 18.2 Å². The Balaban J connectivity index is 2.43. The third kappa shape index (κ3) is 4.52. The summed E-state index contributed by atoms with van der Waals surface area (Å²) in [5.74, 6) is -0.242. The molecule has 1 aromatic carbocycles. The molecule has 0 radical (unpaired) electrons. The maximum Gasteiger partial charge on any atom is 0.404 e. The lowest BCUT2D eigenvalue weighted by Crippen LogP contribution is -2.29. The third-order valence-corrected chi connectivity index (χ3v) is 2.06. The second-order valence-corrected chi connectivity index (χ2v) is 3.33. The monoisotopic (exact) mass is 237 g/mol. The number of hydrogen-bond acceptors (Lipinski definition) is 4. The van der Waals surface area contributed by atoms with Gasteiger partial charge in [-0.2, -0.15) is 0 Å².